The molecule has 0 radical (unpaired) electrons. The van der Waals surface area contributed by atoms with E-state index < -0.39 is 0 Å². The molecule has 1 aromatic rings. The number of nitrogens with one attached hydrogen (secondary N) is 1. The van der Waals surface area contributed by atoms with Crippen LogP contribution in [0.1, 0.15) is 42.9 Å². The summed E-state index contributed by atoms with van der Waals surface area (Å²) in [5, 5.41) is 13.1. The van der Waals surface area contributed by atoms with Gasteiger partial charge in [-0.3, -0.25) is 0 Å². The second-order valence-electron chi connectivity index (χ2n) is 6.46. The molecule has 4 rings (SSSR count). The van der Waals surface area contributed by atoms with Crippen molar-refractivity contribution in [3.05, 3.63) is 21.8 Å². The molecule has 2 heterocycles. The molecule has 0 amide bonds. The maximum atomic E-state index is 9.45. The van der Waals surface area contributed by atoms with E-state index in [2.05, 4.69) is 32.2 Å². The van der Waals surface area contributed by atoms with E-state index in [1.54, 1.807) is 0 Å². The zero-order valence-corrected chi connectivity index (χ0v) is 13.6. The Balaban J connectivity index is 1.65. The summed E-state index contributed by atoms with van der Waals surface area (Å²) < 4.78 is 0.999. The van der Waals surface area contributed by atoms with Crippen LogP contribution in [0.4, 0.5) is 5.82 Å². The summed E-state index contributed by atoms with van der Waals surface area (Å²) >= 11 is 3.59. The fourth-order valence-corrected chi connectivity index (χ4v) is 3.89. The Hall–Kier alpha value is -1.12. The molecule has 3 aliphatic rings. The van der Waals surface area contributed by atoms with Crippen LogP contribution in [0.5, 0.6) is 0 Å². The molecule has 5 heteroatoms. The van der Waals surface area contributed by atoms with Gasteiger partial charge >= 0.3 is 0 Å². The molecule has 0 bridgehead atoms. The van der Waals surface area contributed by atoms with Gasteiger partial charge in [0.05, 0.1) is 11.3 Å². The van der Waals surface area contributed by atoms with E-state index in [1.807, 2.05) is 6.07 Å². The van der Waals surface area contributed by atoms with Gasteiger partial charge in [-0.15, -0.1) is 0 Å². The van der Waals surface area contributed by atoms with Crippen LogP contribution in [0.3, 0.4) is 0 Å². The third kappa shape index (κ3) is 2.67. The number of hydrogen-bond donors (Lipinski definition) is 1. The Morgan fingerprint density at radius 2 is 2.14 bits per heavy atom. The van der Waals surface area contributed by atoms with Crippen molar-refractivity contribution in [2.75, 3.05) is 24.5 Å². The maximum absolute atomic E-state index is 9.45. The molecule has 1 saturated heterocycles. The third-order valence-corrected chi connectivity index (χ3v) is 5.40. The highest BCUT2D eigenvalue weighted by molar-refractivity contribution is 9.10. The van der Waals surface area contributed by atoms with Crippen LogP contribution in [0.25, 0.3) is 0 Å². The quantitative estimate of drug-likeness (QED) is 0.914. The molecule has 1 N–H and O–H groups in total. The van der Waals surface area contributed by atoms with Gasteiger partial charge in [0.25, 0.3) is 0 Å². The molecule has 2 saturated carbocycles. The first-order valence-electron chi connectivity index (χ1n) is 7.85. The van der Waals surface area contributed by atoms with Gasteiger partial charge in [-0.2, -0.15) is 5.26 Å². The van der Waals surface area contributed by atoms with Crippen molar-refractivity contribution in [2.45, 2.75) is 37.6 Å². The number of pyridine rings is 1. The second kappa shape index (κ2) is 5.26. The molecule has 0 aromatic carbocycles. The smallest absolute Gasteiger partial charge is 0.147 e. The van der Waals surface area contributed by atoms with Crippen LogP contribution in [-0.2, 0) is 0 Å². The number of hydrogen-bond acceptors (Lipinski definition) is 4. The Morgan fingerprint density at radius 3 is 2.81 bits per heavy atom. The van der Waals surface area contributed by atoms with Gasteiger partial charge in [0.15, 0.2) is 0 Å². The fourth-order valence-electron chi connectivity index (χ4n) is 3.24. The molecule has 110 valence electrons. The first-order valence-corrected chi connectivity index (χ1v) is 8.64. The first-order chi connectivity index (χ1) is 10.3. The lowest BCUT2D eigenvalue weighted by Gasteiger charge is -2.35. The predicted molar refractivity (Wildman–Crippen MR) is 85.4 cm³/mol. The predicted octanol–water partition coefficient (Wildman–Crippen LogP) is 2.78. The van der Waals surface area contributed by atoms with Gasteiger partial charge in [0.1, 0.15) is 11.9 Å². The summed E-state index contributed by atoms with van der Waals surface area (Å²) in [6.07, 6.45) is 5.14. The molecule has 1 atom stereocenters. The van der Waals surface area contributed by atoms with Crippen molar-refractivity contribution in [3.63, 3.8) is 0 Å². The molecule has 0 spiro atoms. The summed E-state index contributed by atoms with van der Waals surface area (Å²) in [4.78, 5) is 7.19. The van der Waals surface area contributed by atoms with Gasteiger partial charge in [-0.25, -0.2) is 4.98 Å². The van der Waals surface area contributed by atoms with E-state index in [0.717, 1.165) is 41.5 Å². The number of nitriles is 1. The van der Waals surface area contributed by atoms with Crippen molar-refractivity contribution in [1.82, 2.24) is 10.3 Å². The highest BCUT2D eigenvalue weighted by Crippen LogP contribution is 2.43. The third-order valence-electron chi connectivity index (χ3n) is 4.76. The van der Waals surface area contributed by atoms with E-state index in [1.165, 1.54) is 25.7 Å². The Labute approximate surface area is 133 Å². The highest BCUT2D eigenvalue weighted by Gasteiger charge is 2.35. The van der Waals surface area contributed by atoms with Crippen molar-refractivity contribution in [3.8, 4) is 6.07 Å². The fraction of sp³-hybridized carbons (Fsp3) is 0.625. The van der Waals surface area contributed by atoms with Crippen LogP contribution >= 0.6 is 15.9 Å². The van der Waals surface area contributed by atoms with E-state index in [-0.39, 0.29) is 0 Å². The molecule has 21 heavy (non-hydrogen) atoms. The van der Waals surface area contributed by atoms with Crippen molar-refractivity contribution >= 4 is 21.7 Å². The number of nitrogens with zero attached hydrogens (tertiary/aromatic N) is 3. The number of anilines is 1. The molecule has 0 unspecified atom stereocenters. The van der Waals surface area contributed by atoms with Gasteiger partial charge in [-0.05, 0) is 53.6 Å². The standard InChI is InChI=1S/C16H19BrN4/c17-13-7-12(8-18)16(20-15(13)11-3-4-11)21-6-5-19-14(9-21)10-1-2-10/h7,10-11,14,19H,1-6,9H2/t14-/m0/s1. The van der Waals surface area contributed by atoms with Gasteiger partial charge in [-0.1, -0.05) is 0 Å². The van der Waals surface area contributed by atoms with Crippen LogP contribution in [0.2, 0.25) is 0 Å². The molecule has 2 aliphatic carbocycles. The number of rotatable bonds is 3. The van der Waals surface area contributed by atoms with Crippen LogP contribution in [-0.4, -0.2) is 30.7 Å². The van der Waals surface area contributed by atoms with E-state index in [9.17, 15) is 5.26 Å². The average Bonchev–Trinajstić information content (AvgIpc) is 3.40. The monoisotopic (exact) mass is 346 g/mol. The zero-order chi connectivity index (χ0) is 14.4. The lowest BCUT2D eigenvalue weighted by atomic mass is 10.1. The van der Waals surface area contributed by atoms with Crippen molar-refractivity contribution < 1.29 is 0 Å². The normalized spacial score (nSPS) is 25.7. The summed E-state index contributed by atoms with van der Waals surface area (Å²) in [5.41, 5.74) is 1.84. The molecule has 3 fully saturated rings. The van der Waals surface area contributed by atoms with Crippen molar-refractivity contribution in [1.29, 1.82) is 5.26 Å². The van der Waals surface area contributed by atoms with Crippen molar-refractivity contribution in [2.24, 2.45) is 5.92 Å². The topological polar surface area (TPSA) is 52.0 Å². The number of halogens is 1. The molecular formula is C16H19BrN4. The Morgan fingerprint density at radius 1 is 1.33 bits per heavy atom. The van der Waals surface area contributed by atoms with Crippen LogP contribution in [0.15, 0.2) is 10.5 Å². The number of aromatic nitrogens is 1. The molecular weight excluding hydrogens is 328 g/mol. The van der Waals surface area contributed by atoms with Gasteiger partial charge in [0.2, 0.25) is 0 Å². The largest absolute Gasteiger partial charge is 0.353 e. The van der Waals surface area contributed by atoms with E-state index in [4.69, 9.17) is 4.98 Å². The summed E-state index contributed by atoms with van der Waals surface area (Å²) in [7, 11) is 0. The average molecular weight is 347 g/mol. The SMILES string of the molecule is N#Cc1cc(Br)c(C2CC2)nc1N1CCN[C@H](C2CC2)C1. The van der Waals surface area contributed by atoms with E-state index >= 15 is 0 Å². The maximum Gasteiger partial charge on any atom is 0.147 e. The van der Waals surface area contributed by atoms with Gasteiger partial charge < -0.3 is 10.2 Å². The summed E-state index contributed by atoms with van der Waals surface area (Å²) in [6.45, 7) is 2.91. The second-order valence-corrected chi connectivity index (χ2v) is 7.31. The Bertz CT molecular complexity index is 601. The zero-order valence-electron chi connectivity index (χ0n) is 12.0. The highest BCUT2D eigenvalue weighted by atomic mass is 79.9. The Kier molecular flexibility index (Phi) is 3.39. The molecule has 4 nitrogen and oxygen atoms in total. The molecule has 1 aliphatic heterocycles. The van der Waals surface area contributed by atoms with Gasteiger partial charge in [0, 0.05) is 36.1 Å². The summed E-state index contributed by atoms with van der Waals surface area (Å²) in [5.74, 6) is 2.32. The summed E-state index contributed by atoms with van der Waals surface area (Å²) in [6, 6.07) is 4.86. The van der Waals surface area contributed by atoms with E-state index in [0.29, 0.717) is 17.5 Å². The minimum atomic E-state index is 0.570. The minimum absolute atomic E-state index is 0.570. The van der Waals surface area contributed by atoms with Crippen LogP contribution in [0, 0.1) is 17.2 Å². The molecule has 1 aromatic heterocycles. The number of piperazine rings is 1. The minimum Gasteiger partial charge on any atom is -0.353 e. The first kappa shape index (κ1) is 13.5. The lowest BCUT2D eigenvalue weighted by Crippen LogP contribution is -2.52. The van der Waals surface area contributed by atoms with Crippen LogP contribution < -0.4 is 10.2 Å². The lowest BCUT2D eigenvalue weighted by molar-refractivity contribution is 0.417.